The van der Waals surface area contributed by atoms with Gasteiger partial charge >= 0.3 is 6.03 Å². The van der Waals surface area contributed by atoms with Crippen molar-refractivity contribution in [2.75, 3.05) is 0 Å². The fourth-order valence-corrected chi connectivity index (χ4v) is 2.05. The van der Waals surface area contributed by atoms with E-state index < -0.39 is 11.9 Å². The summed E-state index contributed by atoms with van der Waals surface area (Å²) in [5.74, 6) is -0.401. The van der Waals surface area contributed by atoms with Crippen LogP contribution in [0.25, 0.3) is 17.2 Å². The molecule has 0 atom stereocenters. The molecule has 0 saturated carbocycles. The summed E-state index contributed by atoms with van der Waals surface area (Å²) in [6.45, 7) is 0. The van der Waals surface area contributed by atoms with Crippen molar-refractivity contribution in [3.8, 4) is 11.1 Å². The van der Waals surface area contributed by atoms with Crippen molar-refractivity contribution in [2.45, 2.75) is 0 Å². The smallest absolute Gasteiger partial charge is 0.303 e. The van der Waals surface area contributed by atoms with Crippen LogP contribution in [-0.2, 0) is 4.79 Å². The Labute approximate surface area is 116 Å². The number of nitrogens with one attached hydrogen (secondary N) is 2. The highest BCUT2D eigenvalue weighted by molar-refractivity contribution is 6.13. The van der Waals surface area contributed by atoms with Crippen LogP contribution in [-0.4, -0.2) is 11.9 Å². The molecule has 3 rings (SSSR count). The van der Waals surface area contributed by atoms with Gasteiger partial charge in [-0.1, -0.05) is 54.6 Å². The molecule has 1 heterocycles. The van der Waals surface area contributed by atoms with Crippen LogP contribution in [0.15, 0.2) is 60.3 Å². The lowest BCUT2D eigenvalue weighted by atomic mass is 10.0. The molecule has 1 aliphatic rings. The molecule has 4 nitrogen and oxygen atoms in total. The zero-order valence-electron chi connectivity index (χ0n) is 10.6. The van der Waals surface area contributed by atoms with Gasteiger partial charge in [0.2, 0.25) is 0 Å². The predicted octanol–water partition coefficient (Wildman–Crippen LogP) is 2.53. The number of carbonyl (C=O) groups is 2. The summed E-state index contributed by atoms with van der Waals surface area (Å²) in [5, 5.41) is 4.63. The summed E-state index contributed by atoms with van der Waals surface area (Å²) in [7, 11) is 0. The lowest BCUT2D eigenvalue weighted by Crippen LogP contribution is -2.22. The molecular formula is C16H12N2O2. The van der Waals surface area contributed by atoms with Crippen molar-refractivity contribution < 1.29 is 9.59 Å². The van der Waals surface area contributed by atoms with Crippen molar-refractivity contribution in [1.82, 2.24) is 10.6 Å². The minimum Gasteiger partial charge on any atom is -0.303 e. The van der Waals surface area contributed by atoms with Crippen LogP contribution < -0.4 is 10.6 Å². The predicted molar refractivity (Wildman–Crippen MR) is 76.5 cm³/mol. The van der Waals surface area contributed by atoms with E-state index in [1.54, 1.807) is 6.08 Å². The fraction of sp³-hybridized carbons (Fsp3) is 0. The quantitative estimate of drug-likeness (QED) is 0.647. The van der Waals surface area contributed by atoms with E-state index in [0.29, 0.717) is 0 Å². The van der Waals surface area contributed by atoms with Crippen LogP contribution in [0.4, 0.5) is 4.79 Å². The van der Waals surface area contributed by atoms with E-state index in [-0.39, 0.29) is 5.70 Å². The van der Waals surface area contributed by atoms with Crippen LogP contribution in [0, 0.1) is 0 Å². The van der Waals surface area contributed by atoms with Gasteiger partial charge in [-0.2, -0.15) is 0 Å². The molecule has 2 aromatic carbocycles. The number of imide groups is 1. The topological polar surface area (TPSA) is 58.2 Å². The largest absolute Gasteiger partial charge is 0.326 e. The molecule has 0 unspecified atom stereocenters. The van der Waals surface area contributed by atoms with Gasteiger partial charge in [-0.15, -0.1) is 0 Å². The molecule has 0 aliphatic carbocycles. The number of rotatable bonds is 2. The summed E-state index contributed by atoms with van der Waals surface area (Å²) in [4.78, 5) is 22.4. The molecule has 20 heavy (non-hydrogen) atoms. The highest BCUT2D eigenvalue weighted by atomic mass is 16.2. The van der Waals surface area contributed by atoms with E-state index in [4.69, 9.17) is 0 Å². The Hall–Kier alpha value is -2.88. The summed E-state index contributed by atoms with van der Waals surface area (Å²) in [5.41, 5.74) is 3.37. The molecule has 0 aromatic heterocycles. The molecule has 2 N–H and O–H groups in total. The first-order valence-electron chi connectivity index (χ1n) is 6.22. The number of amides is 3. The lowest BCUT2D eigenvalue weighted by molar-refractivity contribution is -0.115. The molecule has 1 aliphatic heterocycles. The maximum absolute atomic E-state index is 11.4. The number of hydrogen-bond acceptors (Lipinski definition) is 2. The van der Waals surface area contributed by atoms with Gasteiger partial charge < -0.3 is 5.32 Å². The van der Waals surface area contributed by atoms with Gasteiger partial charge in [0, 0.05) is 0 Å². The number of benzene rings is 2. The van der Waals surface area contributed by atoms with E-state index in [1.807, 2.05) is 54.6 Å². The molecule has 4 heteroatoms. The Bertz CT molecular complexity index is 688. The minimum atomic E-state index is -0.484. The minimum absolute atomic E-state index is 0.266. The van der Waals surface area contributed by atoms with E-state index in [1.165, 1.54) is 0 Å². The molecule has 1 saturated heterocycles. The van der Waals surface area contributed by atoms with Gasteiger partial charge in [-0.25, -0.2) is 4.79 Å². The molecule has 2 aromatic rings. The highest BCUT2D eigenvalue weighted by Crippen LogP contribution is 2.20. The molecule has 0 spiro atoms. The van der Waals surface area contributed by atoms with Gasteiger partial charge in [-0.05, 0) is 22.8 Å². The maximum Gasteiger partial charge on any atom is 0.326 e. The van der Waals surface area contributed by atoms with Crippen molar-refractivity contribution in [1.29, 1.82) is 0 Å². The number of urea groups is 1. The highest BCUT2D eigenvalue weighted by Gasteiger charge is 2.22. The third-order valence-electron chi connectivity index (χ3n) is 3.05. The normalized spacial score (nSPS) is 16.1. The zero-order valence-corrected chi connectivity index (χ0v) is 10.6. The summed E-state index contributed by atoms with van der Waals surface area (Å²) < 4.78 is 0. The van der Waals surface area contributed by atoms with E-state index >= 15 is 0 Å². The maximum atomic E-state index is 11.4. The van der Waals surface area contributed by atoms with Crippen molar-refractivity contribution in [2.24, 2.45) is 0 Å². The summed E-state index contributed by atoms with van der Waals surface area (Å²) in [6, 6.07) is 17.3. The van der Waals surface area contributed by atoms with Crippen LogP contribution >= 0.6 is 0 Å². The van der Waals surface area contributed by atoms with Gasteiger partial charge in [0.25, 0.3) is 5.91 Å². The third kappa shape index (κ3) is 2.44. The second kappa shape index (κ2) is 5.01. The second-order valence-electron chi connectivity index (χ2n) is 4.45. The van der Waals surface area contributed by atoms with E-state index in [2.05, 4.69) is 10.6 Å². The van der Waals surface area contributed by atoms with Crippen LogP contribution in [0.2, 0.25) is 0 Å². The second-order valence-corrected chi connectivity index (χ2v) is 4.45. The van der Waals surface area contributed by atoms with Crippen molar-refractivity contribution in [3.63, 3.8) is 0 Å². The van der Waals surface area contributed by atoms with Crippen molar-refractivity contribution >= 4 is 18.0 Å². The Morgan fingerprint density at radius 1 is 0.750 bits per heavy atom. The van der Waals surface area contributed by atoms with Crippen LogP contribution in [0.5, 0.6) is 0 Å². The number of hydrogen-bond donors (Lipinski definition) is 2. The fourth-order valence-electron chi connectivity index (χ4n) is 2.05. The number of carbonyl (C=O) groups excluding carboxylic acids is 2. The third-order valence-corrected chi connectivity index (χ3v) is 3.05. The standard InChI is InChI=1S/C16H12N2O2/c19-15-14(17-16(20)18-15)10-11-6-8-13(9-7-11)12-4-2-1-3-5-12/h1-10H,(H2,17,18,19,20)/b14-10+. The van der Waals surface area contributed by atoms with E-state index in [0.717, 1.165) is 16.7 Å². The SMILES string of the molecule is O=C1NC(=O)/C(=C\c2ccc(-c3ccccc3)cc2)N1. The van der Waals surface area contributed by atoms with E-state index in [9.17, 15) is 9.59 Å². The average Bonchev–Trinajstić information content (AvgIpc) is 2.79. The lowest BCUT2D eigenvalue weighted by Gasteiger charge is -2.02. The summed E-state index contributed by atoms with van der Waals surface area (Å²) >= 11 is 0. The molecule has 1 fully saturated rings. The Kier molecular flexibility index (Phi) is 3.05. The van der Waals surface area contributed by atoms with Crippen LogP contribution in [0.1, 0.15) is 5.56 Å². The first-order chi connectivity index (χ1) is 9.72. The van der Waals surface area contributed by atoms with Crippen LogP contribution in [0.3, 0.4) is 0 Å². The molecule has 0 bridgehead atoms. The average molecular weight is 264 g/mol. The Morgan fingerprint density at radius 2 is 1.40 bits per heavy atom. The Morgan fingerprint density at radius 3 is 2.00 bits per heavy atom. The Balaban J connectivity index is 1.86. The molecular weight excluding hydrogens is 252 g/mol. The van der Waals surface area contributed by atoms with Gasteiger partial charge in [-0.3, -0.25) is 10.1 Å². The molecule has 98 valence electrons. The van der Waals surface area contributed by atoms with Gasteiger partial charge in [0.05, 0.1) is 0 Å². The molecule has 3 amide bonds. The summed E-state index contributed by atoms with van der Waals surface area (Å²) in [6.07, 6.45) is 1.65. The zero-order chi connectivity index (χ0) is 13.9. The first-order valence-corrected chi connectivity index (χ1v) is 6.22. The molecule has 0 radical (unpaired) electrons. The van der Waals surface area contributed by atoms with Gasteiger partial charge in [0.1, 0.15) is 5.70 Å². The van der Waals surface area contributed by atoms with Gasteiger partial charge in [0.15, 0.2) is 0 Å². The first kappa shape index (κ1) is 12.2. The monoisotopic (exact) mass is 264 g/mol. The van der Waals surface area contributed by atoms with Crippen molar-refractivity contribution in [3.05, 3.63) is 65.9 Å².